The van der Waals surface area contributed by atoms with E-state index in [1.54, 1.807) is 24.4 Å². The number of aromatic nitrogens is 1. The molecule has 2 aromatic rings. The van der Waals surface area contributed by atoms with E-state index in [-0.39, 0.29) is 19.2 Å². The molecule has 0 radical (unpaired) electrons. The zero-order valence-electron chi connectivity index (χ0n) is 11.8. The highest BCUT2D eigenvalue weighted by molar-refractivity contribution is 6.35. The van der Waals surface area contributed by atoms with Gasteiger partial charge in [0, 0.05) is 18.1 Å². The van der Waals surface area contributed by atoms with E-state index in [1.165, 1.54) is 4.90 Å². The zero-order valence-corrected chi connectivity index (χ0v) is 12.5. The van der Waals surface area contributed by atoms with Gasteiger partial charge in [-0.3, -0.25) is 4.98 Å². The van der Waals surface area contributed by atoms with Crippen molar-refractivity contribution in [2.45, 2.75) is 12.0 Å². The van der Waals surface area contributed by atoms with Gasteiger partial charge in [-0.2, -0.15) is 0 Å². The van der Waals surface area contributed by atoms with Crippen LogP contribution in [0.15, 0.2) is 30.5 Å². The first-order chi connectivity index (χ1) is 10.5. The number of anilines is 1. The Bertz CT molecular complexity index is 724. The molecule has 1 saturated heterocycles. The Morgan fingerprint density at radius 1 is 1.45 bits per heavy atom. The molecular formula is C15H16ClN3O3. The van der Waals surface area contributed by atoms with Crippen LogP contribution in [0.2, 0.25) is 5.02 Å². The second-order valence-corrected chi connectivity index (χ2v) is 5.89. The SMILES string of the molecule is O=C(Nc1ccc(Cl)c2ncccc12)N1CCC(O)(CO)C1. The summed E-state index contributed by atoms with van der Waals surface area (Å²) in [4.78, 5) is 18.0. The minimum atomic E-state index is -1.21. The lowest BCUT2D eigenvalue weighted by Crippen LogP contribution is -2.40. The van der Waals surface area contributed by atoms with Crippen LogP contribution < -0.4 is 5.32 Å². The fraction of sp³-hybridized carbons (Fsp3) is 0.333. The number of likely N-dealkylation sites (tertiary alicyclic amines) is 1. The van der Waals surface area contributed by atoms with Crippen LogP contribution >= 0.6 is 11.6 Å². The number of nitrogens with zero attached hydrogens (tertiary/aromatic N) is 2. The van der Waals surface area contributed by atoms with Crippen molar-refractivity contribution < 1.29 is 15.0 Å². The number of amides is 2. The van der Waals surface area contributed by atoms with Crippen molar-refractivity contribution >= 4 is 34.2 Å². The number of aliphatic hydroxyl groups is 2. The Morgan fingerprint density at radius 2 is 2.27 bits per heavy atom. The summed E-state index contributed by atoms with van der Waals surface area (Å²) in [5.74, 6) is 0. The number of pyridine rings is 1. The van der Waals surface area contributed by atoms with Crippen LogP contribution in [0.25, 0.3) is 10.9 Å². The third-order valence-electron chi connectivity index (χ3n) is 3.88. The normalized spacial score (nSPS) is 21.3. The largest absolute Gasteiger partial charge is 0.393 e. The van der Waals surface area contributed by atoms with E-state index in [4.69, 9.17) is 16.7 Å². The van der Waals surface area contributed by atoms with E-state index in [0.29, 0.717) is 29.2 Å². The Morgan fingerprint density at radius 3 is 3.00 bits per heavy atom. The highest BCUT2D eigenvalue weighted by Gasteiger charge is 2.37. The number of benzene rings is 1. The summed E-state index contributed by atoms with van der Waals surface area (Å²) in [5.41, 5.74) is 0.0215. The summed E-state index contributed by atoms with van der Waals surface area (Å²) >= 11 is 6.10. The first-order valence-electron chi connectivity index (χ1n) is 6.95. The molecule has 22 heavy (non-hydrogen) atoms. The Balaban J connectivity index is 1.82. The van der Waals surface area contributed by atoms with Gasteiger partial charge < -0.3 is 20.4 Å². The average molecular weight is 322 g/mol. The highest BCUT2D eigenvalue weighted by Crippen LogP contribution is 2.29. The smallest absolute Gasteiger partial charge is 0.321 e. The number of hydrogen-bond donors (Lipinski definition) is 3. The molecule has 1 aliphatic rings. The highest BCUT2D eigenvalue weighted by atomic mass is 35.5. The molecule has 0 bridgehead atoms. The number of urea groups is 1. The summed E-state index contributed by atoms with van der Waals surface area (Å²) in [7, 11) is 0. The lowest BCUT2D eigenvalue weighted by Gasteiger charge is -2.21. The summed E-state index contributed by atoms with van der Waals surface area (Å²) in [6.45, 7) is 0.149. The van der Waals surface area contributed by atoms with Gasteiger partial charge in [0.1, 0.15) is 5.60 Å². The van der Waals surface area contributed by atoms with Crippen LogP contribution in [0.1, 0.15) is 6.42 Å². The predicted molar refractivity (Wildman–Crippen MR) is 84.0 cm³/mol. The van der Waals surface area contributed by atoms with Crippen molar-refractivity contribution in [2.75, 3.05) is 25.0 Å². The number of β-amino-alcohol motifs (C(OH)–C–C–N with tert-alkyl or cyclic N) is 1. The fourth-order valence-electron chi connectivity index (χ4n) is 2.60. The molecule has 2 amide bonds. The number of hydrogen-bond acceptors (Lipinski definition) is 4. The number of fused-ring (bicyclic) bond motifs is 1. The fourth-order valence-corrected chi connectivity index (χ4v) is 2.81. The molecule has 7 heteroatoms. The molecule has 3 rings (SSSR count). The van der Waals surface area contributed by atoms with Crippen molar-refractivity contribution in [1.82, 2.24) is 9.88 Å². The summed E-state index contributed by atoms with van der Waals surface area (Å²) in [6, 6.07) is 6.68. The Hall–Kier alpha value is -1.89. The van der Waals surface area contributed by atoms with Gasteiger partial charge in [-0.1, -0.05) is 11.6 Å². The number of carbonyl (C=O) groups excluding carboxylic acids is 1. The molecule has 1 unspecified atom stereocenters. The minimum Gasteiger partial charge on any atom is -0.393 e. The van der Waals surface area contributed by atoms with Gasteiger partial charge in [0.25, 0.3) is 0 Å². The van der Waals surface area contributed by atoms with Crippen molar-refractivity contribution in [3.8, 4) is 0 Å². The predicted octanol–water partition coefficient (Wildman–Crippen LogP) is 1.85. The lowest BCUT2D eigenvalue weighted by atomic mass is 10.1. The van der Waals surface area contributed by atoms with Gasteiger partial charge in [-0.25, -0.2) is 4.79 Å². The second-order valence-electron chi connectivity index (χ2n) is 5.48. The molecule has 1 aliphatic heterocycles. The van der Waals surface area contributed by atoms with Gasteiger partial charge in [0.05, 0.1) is 29.4 Å². The van der Waals surface area contributed by atoms with E-state index in [0.717, 1.165) is 5.39 Å². The molecule has 0 spiro atoms. The maximum absolute atomic E-state index is 12.3. The monoisotopic (exact) mass is 321 g/mol. The van der Waals surface area contributed by atoms with Crippen molar-refractivity contribution in [1.29, 1.82) is 0 Å². The first-order valence-corrected chi connectivity index (χ1v) is 7.33. The minimum absolute atomic E-state index is 0.110. The van der Waals surface area contributed by atoms with Crippen molar-refractivity contribution in [2.24, 2.45) is 0 Å². The average Bonchev–Trinajstić information content (AvgIpc) is 2.94. The van der Waals surface area contributed by atoms with Gasteiger partial charge in [-0.15, -0.1) is 0 Å². The van der Waals surface area contributed by atoms with E-state index in [1.807, 2.05) is 6.07 Å². The van der Waals surface area contributed by atoms with E-state index >= 15 is 0 Å². The van der Waals surface area contributed by atoms with Crippen LogP contribution in [0, 0.1) is 0 Å². The van der Waals surface area contributed by atoms with Gasteiger partial charge in [-0.05, 0) is 30.7 Å². The van der Waals surface area contributed by atoms with Gasteiger partial charge >= 0.3 is 6.03 Å². The van der Waals surface area contributed by atoms with Gasteiger partial charge in [0.2, 0.25) is 0 Å². The third kappa shape index (κ3) is 2.72. The number of halogens is 1. The van der Waals surface area contributed by atoms with Crippen LogP contribution in [-0.2, 0) is 0 Å². The van der Waals surface area contributed by atoms with E-state index in [2.05, 4.69) is 10.3 Å². The number of carbonyl (C=O) groups is 1. The van der Waals surface area contributed by atoms with E-state index < -0.39 is 5.60 Å². The summed E-state index contributed by atoms with van der Waals surface area (Å²) < 4.78 is 0. The molecule has 6 nitrogen and oxygen atoms in total. The molecule has 1 atom stereocenters. The van der Waals surface area contributed by atoms with Crippen molar-refractivity contribution in [3.63, 3.8) is 0 Å². The molecular weight excluding hydrogens is 306 g/mol. The molecule has 0 aliphatic carbocycles. The third-order valence-corrected chi connectivity index (χ3v) is 4.18. The van der Waals surface area contributed by atoms with Crippen LogP contribution in [0.5, 0.6) is 0 Å². The second kappa shape index (κ2) is 5.72. The van der Waals surface area contributed by atoms with E-state index in [9.17, 15) is 9.90 Å². The molecule has 1 aromatic heterocycles. The van der Waals surface area contributed by atoms with Crippen LogP contribution in [-0.4, -0.2) is 51.4 Å². The maximum Gasteiger partial charge on any atom is 0.321 e. The van der Waals surface area contributed by atoms with Crippen molar-refractivity contribution in [3.05, 3.63) is 35.5 Å². The molecule has 116 valence electrons. The Kier molecular flexibility index (Phi) is 3.90. The molecule has 2 heterocycles. The lowest BCUT2D eigenvalue weighted by molar-refractivity contribution is -0.00245. The number of aliphatic hydroxyl groups excluding tert-OH is 1. The first kappa shape index (κ1) is 15.0. The van der Waals surface area contributed by atoms with Crippen LogP contribution in [0.4, 0.5) is 10.5 Å². The summed E-state index contributed by atoms with van der Waals surface area (Å²) in [5, 5.41) is 23.2. The Labute approximate surface area is 132 Å². The quantitative estimate of drug-likeness (QED) is 0.788. The standard InChI is InChI=1S/C15H16ClN3O3/c16-11-3-4-12(10-2-1-6-17-13(10)11)18-14(21)19-7-5-15(22,8-19)9-20/h1-4,6,20,22H,5,7-9H2,(H,18,21). The molecule has 3 N–H and O–H groups in total. The van der Waals surface area contributed by atoms with Crippen LogP contribution in [0.3, 0.4) is 0 Å². The number of rotatable bonds is 2. The maximum atomic E-state index is 12.3. The van der Waals surface area contributed by atoms with Gasteiger partial charge in [0.15, 0.2) is 0 Å². The zero-order chi connectivity index (χ0) is 15.7. The number of nitrogens with one attached hydrogen (secondary N) is 1. The summed E-state index contributed by atoms with van der Waals surface area (Å²) in [6.07, 6.45) is 2.00. The molecule has 0 saturated carbocycles. The molecule has 1 fully saturated rings. The topological polar surface area (TPSA) is 85.7 Å². The molecule has 1 aromatic carbocycles.